The average molecular weight is 445 g/mol. The number of nitrogens with two attached hydrogens (primary N) is 1. The Kier molecular flexibility index (Phi) is 9.34. The van der Waals surface area contributed by atoms with E-state index in [0.717, 1.165) is 24.2 Å². The second kappa shape index (κ2) is 12.0. The second-order valence-electron chi connectivity index (χ2n) is 7.51. The van der Waals surface area contributed by atoms with Gasteiger partial charge in [0.1, 0.15) is 11.8 Å². The lowest BCUT2D eigenvalue weighted by atomic mass is 9.88. The fraction of sp³-hybridized carbons (Fsp3) is 0.417. The van der Waals surface area contributed by atoms with E-state index in [1.807, 2.05) is 12.1 Å². The Hall–Kier alpha value is -3.26. The minimum Gasteiger partial charge on any atom is -0.496 e. The van der Waals surface area contributed by atoms with Gasteiger partial charge in [0.15, 0.2) is 11.5 Å². The van der Waals surface area contributed by atoms with Crippen LogP contribution in [-0.4, -0.2) is 44.4 Å². The highest BCUT2D eigenvalue weighted by Gasteiger charge is 2.20. The summed E-state index contributed by atoms with van der Waals surface area (Å²) < 4.78 is 15.5. The largest absolute Gasteiger partial charge is 0.496 e. The number of fused-ring (bicyclic) bond motifs is 1. The van der Waals surface area contributed by atoms with Crippen LogP contribution in [0.3, 0.4) is 0 Å². The number of hydrogen-bond acceptors (Lipinski definition) is 6. The van der Waals surface area contributed by atoms with Gasteiger partial charge in [-0.3, -0.25) is 4.79 Å². The van der Waals surface area contributed by atoms with Crippen molar-refractivity contribution in [1.82, 2.24) is 5.32 Å². The first kappa shape index (κ1) is 25.0. The first-order valence-electron chi connectivity index (χ1n) is 10.4. The van der Waals surface area contributed by atoms with E-state index >= 15 is 0 Å². The van der Waals surface area contributed by atoms with Crippen molar-refractivity contribution in [3.63, 3.8) is 0 Å². The summed E-state index contributed by atoms with van der Waals surface area (Å²) in [4.78, 5) is 22.0. The summed E-state index contributed by atoms with van der Waals surface area (Å²) in [6, 6.07) is 10.5. The van der Waals surface area contributed by atoms with E-state index in [1.165, 1.54) is 38.7 Å². The van der Waals surface area contributed by atoms with Crippen LogP contribution in [0.15, 0.2) is 36.4 Å². The first-order chi connectivity index (χ1) is 15.3. The van der Waals surface area contributed by atoms with E-state index in [1.54, 1.807) is 25.3 Å². The Morgan fingerprint density at radius 3 is 2.38 bits per heavy atom. The minimum absolute atomic E-state index is 0.176. The molecule has 32 heavy (non-hydrogen) atoms. The van der Waals surface area contributed by atoms with E-state index in [4.69, 9.17) is 25.1 Å². The molecule has 0 aromatic heterocycles. The Morgan fingerprint density at radius 2 is 1.78 bits per heavy atom. The summed E-state index contributed by atoms with van der Waals surface area (Å²) >= 11 is 0. The quantitative estimate of drug-likeness (QED) is 0.601. The van der Waals surface area contributed by atoms with Gasteiger partial charge in [-0.2, -0.15) is 0 Å². The number of aliphatic carboxylic acids is 1. The number of nitrogens with one attached hydrogen (secondary N) is 1. The molecule has 8 nitrogen and oxygen atoms in total. The van der Waals surface area contributed by atoms with Gasteiger partial charge in [-0.15, -0.1) is 0 Å². The highest BCUT2D eigenvalue weighted by molar-refractivity contribution is 5.82. The third-order valence-electron chi connectivity index (χ3n) is 5.29. The van der Waals surface area contributed by atoms with Crippen molar-refractivity contribution in [1.29, 1.82) is 0 Å². The number of carbonyl (C=O) groups is 2. The number of carbonyl (C=O) groups excluding carboxylic acids is 1. The van der Waals surface area contributed by atoms with E-state index in [-0.39, 0.29) is 18.4 Å². The predicted octanol–water partition coefficient (Wildman–Crippen LogP) is 2.87. The van der Waals surface area contributed by atoms with Gasteiger partial charge in [0, 0.05) is 19.4 Å². The molecule has 3 rings (SSSR count). The molecular formula is C24H32N2O6. The van der Waals surface area contributed by atoms with Gasteiger partial charge < -0.3 is 30.4 Å². The zero-order chi connectivity index (χ0) is 23.7. The van der Waals surface area contributed by atoms with E-state index in [9.17, 15) is 9.59 Å². The molecule has 0 spiro atoms. The minimum atomic E-state index is -1.08. The SMILES string of the molecule is COc1ccc(C[C@@H](NC(C)=O)C(=O)O)cc1OC.COc1cccc2c1CCCC2N. The molecule has 1 amide bonds. The molecule has 0 bridgehead atoms. The molecule has 0 heterocycles. The second-order valence-corrected chi connectivity index (χ2v) is 7.51. The van der Waals surface area contributed by atoms with Gasteiger partial charge in [0.2, 0.25) is 5.91 Å². The monoisotopic (exact) mass is 444 g/mol. The molecule has 1 unspecified atom stereocenters. The molecule has 2 atom stereocenters. The van der Waals surface area contributed by atoms with Crippen molar-refractivity contribution in [3.05, 3.63) is 53.1 Å². The van der Waals surface area contributed by atoms with Crippen LogP contribution < -0.4 is 25.3 Å². The highest BCUT2D eigenvalue weighted by atomic mass is 16.5. The third kappa shape index (κ3) is 6.62. The number of methoxy groups -OCH3 is 3. The number of carboxylic acid groups (broad SMARTS) is 1. The summed E-state index contributed by atoms with van der Waals surface area (Å²) in [5.41, 5.74) is 9.33. The summed E-state index contributed by atoms with van der Waals surface area (Å²) in [5, 5.41) is 11.4. The lowest BCUT2D eigenvalue weighted by Gasteiger charge is -2.23. The molecule has 2 aromatic rings. The number of benzene rings is 2. The molecular weight excluding hydrogens is 412 g/mol. The van der Waals surface area contributed by atoms with Crippen LogP contribution in [0.1, 0.15) is 42.5 Å². The summed E-state index contributed by atoms with van der Waals surface area (Å²) in [6.45, 7) is 1.28. The van der Waals surface area contributed by atoms with Crippen LogP contribution in [-0.2, 0) is 22.4 Å². The van der Waals surface area contributed by atoms with Gasteiger partial charge in [-0.05, 0) is 54.2 Å². The van der Waals surface area contributed by atoms with Crippen LogP contribution in [0.2, 0.25) is 0 Å². The fourth-order valence-electron chi connectivity index (χ4n) is 3.73. The molecule has 1 aliphatic carbocycles. The predicted molar refractivity (Wildman–Crippen MR) is 121 cm³/mol. The first-order valence-corrected chi connectivity index (χ1v) is 10.4. The van der Waals surface area contributed by atoms with Crippen LogP contribution in [0.4, 0.5) is 0 Å². The number of hydrogen-bond donors (Lipinski definition) is 3. The van der Waals surface area contributed by atoms with Crippen LogP contribution in [0.25, 0.3) is 0 Å². The van der Waals surface area contributed by atoms with Crippen molar-refractivity contribution in [2.75, 3.05) is 21.3 Å². The molecule has 1 aliphatic rings. The smallest absolute Gasteiger partial charge is 0.326 e. The summed E-state index contributed by atoms with van der Waals surface area (Å²) in [5.74, 6) is 0.620. The lowest BCUT2D eigenvalue weighted by molar-refractivity contribution is -0.141. The third-order valence-corrected chi connectivity index (χ3v) is 5.29. The average Bonchev–Trinajstić information content (AvgIpc) is 2.78. The summed E-state index contributed by atoms with van der Waals surface area (Å²) in [7, 11) is 4.74. The van der Waals surface area contributed by atoms with Crippen molar-refractivity contribution >= 4 is 11.9 Å². The molecule has 0 saturated heterocycles. The summed E-state index contributed by atoms with van der Waals surface area (Å²) in [6.07, 6.45) is 3.55. The standard InChI is InChI=1S/C13H17NO5.C11H15NO/c1-8(15)14-10(13(16)17)6-9-4-5-11(18-2)12(7-9)19-3;1-13-11-7-3-4-8-9(11)5-2-6-10(8)12/h4-5,7,10H,6H2,1-3H3,(H,14,15)(H,16,17);3-4,7,10H,2,5-6,12H2,1H3/t10-;/m1./s1. The highest BCUT2D eigenvalue weighted by Crippen LogP contribution is 2.33. The van der Waals surface area contributed by atoms with Crippen LogP contribution in [0, 0.1) is 0 Å². The number of carboxylic acids is 1. The maximum absolute atomic E-state index is 11.0. The normalized spacial score (nSPS) is 15.3. The molecule has 174 valence electrons. The van der Waals surface area contributed by atoms with Crippen LogP contribution in [0.5, 0.6) is 17.2 Å². The number of amides is 1. The number of ether oxygens (including phenoxy) is 3. The Bertz CT molecular complexity index is 931. The van der Waals surface area contributed by atoms with Crippen molar-refractivity contribution < 1.29 is 28.9 Å². The number of rotatable bonds is 7. The molecule has 8 heteroatoms. The Balaban J connectivity index is 0.000000242. The van der Waals surface area contributed by atoms with Gasteiger partial charge >= 0.3 is 5.97 Å². The topological polar surface area (TPSA) is 120 Å². The maximum atomic E-state index is 11.0. The molecule has 4 N–H and O–H groups in total. The zero-order valence-corrected chi connectivity index (χ0v) is 19.0. The zero-order valence-electron chi connectivity index (χ0n) is 19.0. The molecule has 0 aliphatic heterocycles. The van der Waals surface area contributed by atoms with E-state index < -0.39 is 12.0 Å². The van der Waals surface area contributed by atoms with Gasteiger partial charge in [0.05, 0.1) is 21.3 Å². The van der Waals surface area contributed by atoms with Crippen molar-refractivity contribution in [2.45, 2.75) is 44.7 Å². The molecule has 0 fully saturated rings. The molecule has 0 radical (unpaired) electrons. The maximum Gasteiger partial charge on any atom is 0.326 e. The van der Waals surface area contributed by atoms with Gasteiger partial charge in [-0.1, -0.05) is 18.2 Å². The van der Waals surface area contributed by atoms with Crippen molar-refractivity contribution in [2.24, 2.45) is 5.73 Å². The van der Waals surface area contributed by atoms with E-state index in [2.05, 4.69) is 11.4 Å². The van der Waals surface area contributed by atoms with E-state index in [0.29, 0.717) is 11.5 Å². The molecule has 2 aromatic carbocycles. The van der Waals surface area contributed by atoms with Crippen molar-refractivity contribution in [3.8, 4) is 17.2 Å². The molecule has 0 saturated carbocycles. The van der Waals surface area contributed by atoms with Gasteiger partial charge in [-0.25, -0.2) is 4.79 Å². The van der Waals surface area contributed by atoms with Gasteiger partial charge in [0.25, 0.3) is 0 Å². The lowest BCUT2D eigenvalue weighted by Crippen LogP contribution is -2.41. The Morgan fingerprint density at radius 1 is 1.09 bits per heavy atom. The fourth-order valence-corrected chi connectivity index (χ4v) is 3.73. The Labute approximate surface area is 188 Å². The van der Waals surface area contributed by atoms with Crippen LogP contribution >= 0.6 is 0 Å².